The summed E-state index contributed by atoms with van der Waals surface area (Å²) in [6.45, 7) is 4.02. The quantitative estimate of drug-likeness (QED) is 0.350. The molecule has 0 bridgehead atoms. The number of aliphatic imine (C=N–C) groups is 1. The first kappa shape index (κ1) is 21.2. The normalized spacial score (nSPS) is 17.2. The molecular weight excluding hydrogens is 346 g/mol. The Morgan fingerprint density at radius 1 is 1.15 bits per heavy atom. The van der Waals surface area contributed by atoms with E-state index in [1.807, 2.05) is 18.4 Å². The molecular formula is C20H35N3O2S. The minimum atomic E-state index is 0.277. The summed E-state index contributed by atoms with van der Waals surface area (Å²) in [4.78, 5) is 5.91. The van der Waals surface area contributed by atoms with Crippen molar-refractivity contribution in [3.05, 3.63) is 22.4 Å². The number of unbranched alkanes of at least 4 members (excludes halogenated alkanes) is 1. The highest BCUT2D eigenvalue weighted by Gasteiger charge is 2.34. The van der Waals surface area contributed by atoms with E-state index in [-0.39, 0.29) is 5.41 Å². The van der Waals surface area contributed by atoms with E-state index >= 15 is 0 Å². The van der Waals surface area contributed by atoms with Crippen LogP contribution in [-0.4, -0.2) is 53.0 Å². The van der Waals surface area contributed by atoms with Crippen molar-refractivity contribution < 1.29 is 9.47 Å². The topological polar surface area (TPSA) is 54.9 Å². The SMILES string of the molecule is CN=C(NCCCCOCCOC)NCC1(c2cccs2)CCCCC1. The number of ether oxygens (including phenoxy) is 2. The minimum Gasteiger partial charge on any atom is -0.382 e. The van der Waals surface area contributed by atoms with Crippen molar-refractivity contribution >= 4 is 17.3 Å². The standard InChI is InChI=1S/C20H35N3O2S/c1-21-19(22-12-6-7-13-25-15-14-24-2)23-17-20(10-4-3-5-11-20)18-9-8-16-26-18/h8-9,16H,3-7,10-15,17H2,1-2H3,(H2,21,22,23). The molecule has 26 heavy (non-hydrogen) atoms. The number of hydrogen-bond donors (Lipinski definition) is 2. The third-order valence-electron chi connectivity index (χ3n) is 5.11. The van der Waals surface area contributed by atoms with Gasteiger partial charge in [0.05, 0.1) is 13.2 Å². The predicted octanol–water partition coefficient (Wildman–Crippen LogP) is 3.56. The molecule has 1 fully saturated rings. The molecule has 0 atom stereocenters. The van der Waals surface area contributed by atoms with Crippen molar-refractivity contribution in [1.29, 1.82) is 0 Å². The molecule has 5 nitrogen and oxygen atoms in total. The number of rotatable bonds is 11. The largest absolute Gasteiger partial charge is 0.382 e. The van der Waals surface area contributed by atoms with Gasteiger partial charge in [-0.05, 0) is 37.1 Å². The first-order valence-corrected chi connectivity index (χ1v) is 10.7. The lowest BCUT2D eigenvalue weighted by atomic mass is 9.73. The highest BCUT2D eigenvalue weighted by Crippen LogP contribution is 2.41. The van der Waals surface area contributed by atoms with Gasteiger partial charge in [0.15, 0.2) is 5.96 Å². The average molecular weight is 382 g/mol. The minimum absolute atomic E-state index is 0.277. The van der Waals surface area contributed by atoms with Gasteiger partial charge in [-0.1, -0.05) is 25.3 Å². The molecule has 0 radical (unpaired) electrons. The van der Waals surface area contributed by atoms with Gasteiger partial charge in [-0.3, -0.25) is 4.99 Å². The van der Waals surface area contributed by atoms with Crippen molar-refractivity contribution in [3.8, 4) is 0 Å². The first-order valence-electron chi connectivity index (χ1n) is 9.86. The fraction of sp³-hybridized carbons (Fsp3) is 0.750. The Kier molecular flexibility index (Phi) is 10.0. The highest BCUT2D eigenvalue weighted by atomic mass is 32.1. The maximum absolute atomic E-state index is 5.49. The maximum atomic E-state index is 5.49. The zero-order chi connectivity index (χ0) is 18.5. The third kappa shape index (κ3) is 6.89. The summed E-state index contributed by atoms with van der Waals surface area (Å²) in [7, 11) is 3.55. The van der Waals surface area contributed by atoms with Crippen molar-refractivity contribution in [1.82, 2.24) is 10.6 Å². The maximum Gasteiger partial charge on any atom is 0.191 e. The second-order valence-electron chi connectivity index (χ2n) is 6.98. The molecule has 2 rings (SSSR count). The third-order valence-corrected chi connectivity index (χ3v) is 6.23. The molecule has 0 aromatic carbocycles. The molecule has 0 unspecified atom stereocenters. The molecule has 0 saturated heterocycles. The van der Waals surface area contributed by atoms with Gasteiger partial charge in [0, 0.05) is 44.1 Å². The van der Waals surface area contributed by atoms with E-state index in [0.29, 0.717) is 13.2 Å². The summed E-state index contributed by atoms with van der Waals surface area (Å²) in [6, 6.07) is 4.48. The number of guanidine groups is 1. The molecule has 0 aliphatic heterocycles. The van der Waals surface area contributed by atoms with E-state index in [0.717, 1.165) is 38.5 Å². The van der Waals surface area contributed by atoms with Crippen LogP contribution in [-0.2, 0) is 14.9 Å². The molecule has 148 valence electrons. The molecule has 1 aliphatic carbocycles. The van der Waals surface area contributed by atoms with Gasteiger partial charge in [-0.2, -0.15) is 0 Å². The monoisotopic (exact) mass is 381 g/mol. The lowest BCUT2D eigenvalue weighted by Gasteiger charge is -2.37. The predicted molar refractivity (Wildman–Crippen MR) is 110 cm³/mol. The zero-order valence-electron chi connectivity index (χ0n) is 16.4. The van der Waals surface area contributed by atoms with Crippen LogP contribution in [0.5, 0.6) is 0 Å². The number of methoxy groups -OCH3 is 1. The van der Waals surface area contributed by atoms with E-state index in [2.05, 4.69) is 33.1 Å². The van der Waals surface area contributed by atoms with Crippen LogP contribution in [0.1, 0.15) is 49.8 Å². The van der Waals surface area contributed by atoms with Crippen molar-refractivity contribution in [2.24, 2.45) is 4.99 Å². The summed E-state index contributed by atoms with van der Waals surface area (Å²) in [5, 5.41) is 9.22. The van der Waals surface area contributed by atoms with Crippen LogP contribution in [0, 0.1) is 0 Å². The van der Waals surface area contributed by atoms with Gasteiger partial charge in [-0.25, -0.2) is 0 Å². The van der Waals surface area contributed by atoms with Crippen LogP contribution in [0.25, 0.3) is 0 Å². The molecule has 1 aromatic heterocycles. The molecule has 1 saturated carbocycles. The highest BCUT2D eigenvalue weighted by molar-refractivity contribution is 7.10. The fourth-order valence-corrected chi connectivity index (χ4v) is 4.56. The van der Waals surface area contributed by atoms with Crippen LogP contribution in [0.3, 0.4) is 0 Å². The Morgan fingerprint density at radius 2 is 2.00 bits per heavy atom. The Bertz CT molecular complexity index is 499. The second-order valence-corrected chi connectivity index (χ2v) is 7.93. The fourth-order valence-electron chi connectivity index (χ4n) is 3.57. The smallest absolute Gasteiger partial charge is 0.191 e. The Labute approximate surface area is 162 Å². The van der Waals surface area contributed by atoms with Crippen LogP contribution in [0.4, 0.5) is 0 Å². The first-order chi connectivity index (χ1) is 12.8. The van der Waals surface area contributed by atoms with Gasteiger partial charge < -0.3 is 20.1 Å². The van der Waals surface area contributed by atoms with Crippen LogP contribution >= 0.6 is 11.3 Å². The lowest BCUT2D eigenvalue weighted by Crippen LogP contribution is -2.46. The van der Waals surface area contributed by atoms with E-state index in [1.54, 1.807) is 7.11 Å². The molecule has 1 aromatic rings. The van der Waals surface area contributed by atoms with Crippen LogP contribution in [0.2, 0.25) is 0 Å². The van der Waals surface area contributed by atoms with E-state index in [1.165, 1.54) is 37.0 Å². The van der Waals surface area contributed by atoms with Gasteiger partial charge in [0.25, 0.3) is 0 Å². The summed E-state index contributed by atoms with van der Waals surface area (Å²) >= 11 is 1.90. The van der Waals surface area contributed by atoms with Gasteiger partial charge in [-0.15, -0.1) is 11.3 Å². The molecule has 6 heteroatoms. The van der Waals surface area contributed by atoms with Gasteiger partial charge in [0.2, 0.25) is 0 Å². The van der Waals surface area contributed by atoms with Crippen LogP contribution < -0.4 is 10.6 Å². The zero-order valence-corrected chi connectivity index (χ0v) is 17.2. The van der Waals surface area contributed by atoms with E-state index < -0.39 is 0 Å². The molecule has 2 N–H and O–H groups in total. The Balaban J connectivity index is 1.70. The average Bonchev–Trinajstić information content (AvgIpc) is 3.22. The van der Waals surface area contributed by atoms with E-state index in [4.69, 9.17) is 9.47 Å². The number of nitrogens with one attached hydrogen (secondary N) is 2. The van der Waals surface area contributed by atoms with Crippen LogP contribution in [0.15, 0.2) is 22.5 Å². The molecule has 1 aliphatic rings. The van der Waals surface area contributed by atoms with E-state index in [9.17, 15) is 0 Å². The summed E-state index contributed by atoms with van der Waals surface area (Å²) in [6.07, 6.45) is 8.69. The number of nitrogens with zero attached hydrogens (tertiary/aromatic N) is 1. The second kappa shape index (κ2) is 12.3. The van der Waals surface area contributed by atoms with Crippen molar-refractivity contribution in [2.45, 2.75) is 50.4 Å². The molecule has 0 amide bonds. The summed E-state index contributed by atoms with van der Waals surface area (Å²) in [5.74, 6) is 0.909. The summed E-state index contributed by atoms with van der Waals surface area (Å²) < 4.78 is 10.5. The number of thiophene rings is 1. The lowest BCUT2D eigenvalue weighted by molar-refractivity contribution is 0.0689. The summed E-state index contributed by atoms with van der Waals surface area (Å²) in [5.41, 5.74) is 0.277. The molecule has 1 heterocycles. The Morgan fingerprint density at radius 3 is 2.69 bits per heavy atom. The number of hydrogen-bond acceptors (Lipinski definition) is 4. The van der Waals surface area contributed by atoms with Gasteiger partial charge in [0.1, 0.15) is 0 Å². The Hall–Kier alpha value is -1.11. The van der Waals surface area contributed by atoms with Gasteiger partial charge >= 0.3 is 0 Å². The molecule has 0 spiro atoms. The van der Waals surface area contributed by atoms with Crippen molar-refractivity contribution in [2.75, 3.05) is 47.1 Å². The van der Waals surface area contributed by atoms with Crippen molar-refractivity contribution in [3.63, 3.8) is 0 Å².